The minimum Gasteiger partial charge on any atom is -0.497 e. The molecular weight excluding hydrogens is 422 g/mol. The Bertz CT molecular complexity index is 1220. The molecule has 0 saturated heterocycles. The van der Waals surface area contributed by atoms with Crippen LogP contribution in [-0.2, 0) is 0 Å². The van der Waals surface area contributed by atoms with Crippen molar-refractivity contribution in [3.8, 4) is 28.8 Å². The molecule has 0 aliphatic heterocycles. The van der Waals surface area contributed by atoms with Gasteiger partial charge in [0.25, 0.3) is 5.91 Å². The average Bonchev–Trinajstić information content (AvgIpc) is 3.25. The van der Waals surface area contributed by atoms with Gasteiger partial charge in [-0.2, -0.15) is 4.52 Å². The Morgan fingerprint density at radius 3 is 2.39 bits per heavy atom. The molecule has 1 amide bonds. The number of nitrogens with one attached hydrogen (secondary N) is 1. The number of hydrogen-bond acceptors (Lipinski definition) is 7. The average molecular weight is 447 g/mol. The number of rotatable bonds is 9. The maximum absolute atomic E-state index is 12.3. The minimum absolute atomic E-state index is 0.0834. The molecule has 9 nitrogen and oxygen atoms in total. The number of benzene rings is 2. The van der Waals surface area contributed by atoms with Gasteiger partial charge in [0.1, 0.15) is 18.1 Å². The predicted molar refractivity (Wildman–Crippen MR) is 123 cm³/mol. The molecule has 2 aromatic heterocycles. The number of methoxy groups -OCH3 is 1. The maximum atomic E-state index is 12.3. The monoisotopic (exact) mass is 447 g/mol. The van der Waals surface area contributed by atoms with Gasteiger partial charge in [-0.05, 0) is 68.4 Å². The van der Waals surface area contributed by atoms with Crippen molar-refractivity contribution in [1.82, 2.24) is 25.1 Å². The molecule has 2 aromatic carbocycles. The summed E-state index contributed by atoms with van der Waals surface area (Å²) in [6, 6.07) is 18.0. The van der Waals surface area contributed by atoms with Crippen molar-refractivity contribution in [2.45, 2.75) is 20.0 Å². The van der Waals surface area contributed by atoms with E-state index in [1.165, 1.54) is 0 Å². The third-order valence-electron chi connectivity index (χ3n) is 4.71. The summed E-state index contributed by atoms with van der Waals surface area (Å²) in [5.74, 6) is 2.30. The Kier molecular flexibility index (Phi) is 6.68. The van der Waals surface area contributed by atoms with Crippen molar-refractivity contribution in [3.05, 3.63) is 66.2 Å². The molecular formula is C24H25N5O4. The summed E-state index contributed by atoms with van der Waals surface area (Å²) in [7, 11) is 1.62. The highest BCUT2D eigenvalue weighted by atomic mass is 16.5. The van der Waals surface area contributed by atoms with Gasteiger partial charge in [0.2, 0.25) is 5.88 Å². The lowest BCUT2D eigenvalue weighted by Crippen LogP contribution is -2.28. The zero-order valence-electron chi connectivity index (χ0n) is 18.7. The standard InChI is InChI=1S/C24H25N5O4/c1-16(2)33-20-10-6-18(7-11-20)24(30)25-14-15-32-22-13-12-21-26-27-23(29(21)28-22)17-4-8-19(31-3)9-5-17/h4-13,16H,14-15H2,1-3H3,(H,25,30). The smallest absolute Gasteiger partial charge is 0.251 e. The van der Waals surface area contributed by atoms with Crippen molar-refractivity contribution in [3.63, 3.8) is 0 Å². The lowest BCUT2D eigenvalue weighted by Gasteiger charge is -2.10. The van der Waals surface area contributed by atoms with Crippen LogP contribution in [0.3, 0.4) is 0 Å². The van der Waals surface area contributed by atoms with E-state index in [4.69, 9.17) is 14.2 Å². The number of carbonyl (C=O) groups is 1. The van der Waals surface area contributed by atoms with Gasteiger partial charge in [0.15, 0.2) is 11.5 Å². The van der Waals surface area contributed by atoms with E-state index in [1.54, 1.807) is 48.0 Å². The van der Waals surface area contributed by atoms with Crippen LogP contribution in [0.4, 0.5) is 0 Å². The summed E-state index contributed by atoms with van der Waals surface area (Å²) in [6.45, 7) is 4.50. The van der Waals surface area contributed by atoms with Crippen LogP contribution in [-0.4, -0.2) is 52.1 Å². The van der Waals surface area contributed by atoms with Crippen LogP contribution in [0.2, 0.25) is 0 Å². The van der Waals surface area contributed by atoms with Crippen molar-refractivity contribution < 1.29 is 19.0 Å². The normalized spacial score (nSPS) is 10.9. The lowest BCUT2D eigenvalue weighted by atomic mass is 10.2. The summed E-state index contributed by atoms with van der Waals surface area (Å²) < 4.78 is 18.1. The largest absolute Gasteiger partial charge is 0.497 e. The molecule has 1 N–H and O–H groups in total. The minimum atomic E-state index is -0.182. The highest BCUT2D eigenvalue weighted by Crippen LogP contribution is 2.22. The predicted octanol–water partition coefficient (Wildman–Crippen LogP) is 3.40. The quantitative estimate of drug-likeness (QED) is 0.393. The van der Waals surface area contributed by atoms with Crippen LogP contribution in [0.5, 0.6) is 17.4 Å². The highest BCUT2D eigenvalue weighted by molar-refractivity contribution is 5.94. The third kappa shape index (κ3) is 5.38. The van der Waals surface area contributed by atoms with Crippen molar-refractivity contribution in [1.29, 1.82) is 0 Å². The molecule has 2 heterocycles. The van der Waals surface area contributed by atoms with Crippen LogP contribution in [0, 0.1) is 0 Å². The number of fused-ring (bicyclic) bond motifs is 1. The number of ether oxygens (including phenoxy) is 3. The van der Waals surface area contributed by atoms with Gasteiger partial charge < -0.3 is 19.5 Å². The topological polar surface area (TPSA) is 99.9 Å². The fraction of sp³-hybridized carbons (Fsp3) is 0.250. The third-order valence-corrected chi connectivity index (χ3v) is 4.71. The summed E-state index contributed by atoms with van der Waals surface area (Å²) in [5.41, 5.74) is 2.01. The first-order valence-electron chi connectivity index (χ1n) is 10.6. The van der Waals surface area contributed by atoms with E-state index in [2.05, 4.69) is 20.6 Å². The Morgan fingerprint density at radius 1 is 0.970 bits per heavy atom. The first-order chi connectivity index (χ1) is 16.0. The van der Waals surface area contributed by atoms with Crippen molar-refractivity contribution in [2.75, 3.05) is 20.3 Å². The van der Waals surface area contributed by atoms with E-state index in [0.717, 1.165) is 17.1 Å². The molecule has 0 aliphatic carbocycles. The lowest BCUT2D eigenvalue weighted by molar-refractivity contribution is 0.0946. The summed E-state index contributed by atoms with van der Waals surface area (Å²) in [5, 5.41) is 15.7. The van der Waals surface area contributed by atoms with E-state index in [1.807, 2.05) is 38.1 Å². The fourth-order valence-corrected chi connectivity index (χ4v) is 3.15. The van der Waals surface area contributed by atoms with Crippen LogP contribution in [0.25, 0.3) is 17.0 Å². The van der Waals surface area contributed by atoms with Gasteiger partial charge >= 0.3 is 0 Å². The molecule has 0 fully saturated rings. The van der Waals surface area contributed by atoms with E-state index < -0.39 is 0 Å². The summed E-state index contributed by atoms with van der Waals surface area (Å²) in [4.78, 5) is 12.3. The molecule has 170 valence electrons. The van der Waals surface area contributed by atoms with E-state index in [0.29, 0.717) is 29.5 Å². The molecule has 4 rings (SSSR count). The van der Waals surface area contributed by atoms with E-state index >= 15 is 0 Å². The number of amides is 1. The number of aromatic nitrogens is 4. The Hall–Kier alpha value is -4.14. The first kappa shape index (κ1) is 22.1. The Morgan fingerprint density at radius 2 is 1.70 bits per heavy atom. The molecule has 0 unspecified atom stereocenters. The van der Waals surface area contributed by atoms with Gasteiger partial charge in [0.05, 0.1) is 19.8 Å². The zero-order valence-corrected chi connectivity index (χ0v) is 18.7. The molecule has 33 heavy (non-hydrogen) atoms. The highest BCUT2D eigenvalue weighted by Gasteiger charge is 2.11. The molecule has 0 aliphatic rings. The first-order valence-corrected chi connectivity index (χ1v) is 10.6. The van der Waals surface area contributed by atoms with Gasteiger partial charge in [-0.1, -0.05) is 0 Å². The number of hydrogen-bond donors (Lipinski definition) is 1. The summed E-state index contributed by atoms with van der Waals surface area (Å²) in [6.07, 6.45) is 0.0834. The second-order valence-electron chi connectivity index (χ2n) is 7.49. The number of nitrogens with zero attached hydrogens (tertiary/aromatic N) is 4. The van der Waals surface area contributed by atoms with Crippen LogP contribution in [0.15, 0.2) is 60.7 Å². The SMILES string of the molecule is COc1ccc(-c2nnc3ccc(OCCNC(=O)c4ccc(OC(C)C)cc4)nn23)cc1. The van der Waals surface area contributed by atoms with Gasteiger partial charge in [-0.15, -0.1) is 15.3 Å². The van der Waals surface area contributed by atoms with Gasteiger partial charge in [-0.3, -0.25) is 4.79 Å². The summed E-state index contributed by atoms with van der Waals surface area (Å²) >= 11 is 0. The molecule has 4 aromatic rings. The van der Waals surface area contributed by atoms with E-state index in [-0.39, 0.29) is 18.6 Å². The van der Waals surface area contributed by atoms with Gasteiger partial charge in [-0.25, -0.2) is 0 Å². The zero-order chi connectivity index (χ0) is 23.2. The Labute approximate surface area is 191 Å². The number of carbonyl (C=O) groups excluding carboxylic acids is 1. The van der Waals surface area contributed by atoms with E-state index in [9.17, 15) is 4.79 Å². The molecule has 0 radical (unpaired) electrons. The fourth-order valence-electron chi connectivity index (χ4n) is 3.15. The van der Waals surface area contributed by atoms with Crippen LogP contribution in [0.1, 0.15) is 24.2 Å². The molecule has 0 saturated carbocycles. The molecule has 0 bridgehead atoms. The van der Waals surface area contributed by atoms with Crippen LogP contribution >= 0.6 is 0 Å². The second kappa shape index (κ2) is 9.99. The molecule has 0 spiro atoms. The molecule has 9 heteroatoms. The Balaban J connectivity index is 1.34. The van der Waals surface area contributed by atoms with Crippen molar-refractivity contribution in [2.24, 2.45) is 0 Å². The van der Waals surface area contributed by atoms with Gasteiger partial charge in [0, 0.05) is 17.2 Å². The van der Waals surface area contributed by atoms with Crippen molar-refractivity contribution >= 4 is 11.6 Å². The molecule has 0 atom stereocenters. The maximum Gasteiger partial charge on any atom is 0.251 e. The second-order valence-corrected chi connectivity index (χ2v) is 7.49. The van der Waals surface area contributed by atoms with Crippen LogP contribution < -0.4 is 19.5 Å².